The van der Waals surface area contributed by atoms with Crippen LogP contribution in [0.15, 0.2) is 6.07 Å². The monoisotopic (exact) mass is 266 g/mol. The van der Waals surface area contributed by atoms with Crippen LogP contribution in [0.2, 0.25) is 0 Å². The van der Waals surface area contributed by atoms with Crippen LogP contribution in [-0.4, -0.2) is 45.0 Å². The van der Waals surface area contributed by atoms with E-state index >= 15 is 0 Å². The Bertz CT molecular complexity index is 420. The Kier molecular flexibility index (Phi) is 4.42. The third-order valence-corrected chi connectivity index (χ3v) is 3.40. The van der Waals surface area contributed by atoms with Gasteiger partial charge in [-0.15, -0.1) is 0 Å². The topological polar surface area (TPSA) is 70.4 Å². The third-order valence-electron chi connectivity index (χ3n) is 3.40. The molecule has 1 aliphatic rings. The molecule has 2 N–H and O–H groups in total. The molecule has 0 aromatic carbocycles. The zero-order valence-electron chi connectivity index (χ0n) is 11.6. The average molecular weight is 266 g/mol. The molecule has 0 saturated heterocycles. The van der Waals surface area contributed by atoms with Gasteiger partial charge in [0.2, 0.25) is 0 Å². The van der Waals surface area contributed by atoms with E-state index in [1.54, 1.807) is 4.68 Å². The molecule has 2 rings (SSSR count). The van der Waals surface area contributed by atoms with Crippen molar-refractivity contribution in [2.75, 3.05) is 18.5 Å². The number of aliphatic hydroxyl groups is 1. The minimum Gasteiger partial charge on any atom is -0.396 e. The summed E-state index contributed by atoms with van der Waals surface area (Å²) in [4.78, 5) is 14.1. The molecule has 1 fully saturated rings. The van der Waals surface area contributed by atoms with Crippen molar-refractivity contribution in [3.8, 4) is 0 Å². The molecule has 2 amide bonds. The van der Waals surface area contributed by atoms with E-state index in [9.17, 15) is 4.79 Å². The number of aliphatic hydroxyl groups excluding tert-OH is 1. The van der Waals surface area contributed by atoms with Crippen LogP contribution in [0.5, 0.6) is 0 Å². The third kappa shape index (κ3) is 3.70. The average Bonchev–Trinajstić information content (AvgIpc) is 3.13. The second kappa shape index (κ2) is 6.06. The molecular formula is C13H22N4O2. The first-order chi connectivity index (χ1) is 9.11. The summed E-state index contributed by atoms with van der Waals surface area (Å²) >= 11 is 0. The zero-order valence-corrected chi connectivity index (χ0v) is 11.6. The summed E-state index contributed by atoms with van der Waals surface area (Å²) in [6.45, 7) is 2.82. The van der Waals surface area contributed by atoms with E-state index in [1.807, 2.05) is 24.9 Å². The summed E-state index contributed by atoms with van der Waals surface area (Å²) in [6.07, 6.45) is 3.72. The second-order valence-electron chi connectivity index (χ2n) is 5.08. The summed E-state index contributed by atoms with van der Waals surface area (Å²) in [5, 5.41) is 15.9. The molecule has 0 spiro atoms. The van der Waals surface area contributed by atoms with Crippen LogP contribution in [0.25, 0.3) is 0 Å². The molecule has 106 valence electrons. The van der Waals surface area contributed by atoms with E-state index in [4.69, 9.17) is 5.11 Å². The van der Waals surface area contributed by atoms with Crippen LogP contribution >= 0.6 is 0 Å². The van der Waals surface area contributed by atoms with E-state index in [2.05, 4.69) is 10.4 Å². The number of amides is 2. The molecule has 0 aliphatic heterocycles. The fraction of sp³-hybridized carbons (Fsp3) is 0.692. The smallest absolute Gasteiger partial charge is 0.323 e. The number of hydrogen-bond acceptors (Lipinski definition) is 3. The van der Waals surface area contributed by atoms with Gasteiger partial charge in [-0.3, -0.25) is 10.00 Å². The predicted molar refractivity (Wildman–Crippen MR) is 73.0 cm³/mol. The molecular weight excluding hydrogens is 244 g/mol. The van der Waals surface area contributed by atoms with Gasteiger partial charge in [0, 0.05) is 38.0 Å². The lowest BCUT2D eigenvalue weighted by molar-refractivity contribution is 0.204. The van der Waals surface area contributed by atoms with E-state index in [1.165, 1.54) is 0 Å². The SMILES string of the molecule is Cc1cc(NC(=O)N(CCCCO)C2CC2)nn1C. The van der Waals surface area contributed by atoms with E-state index in [0.29, 0.717) is 18.4 Å². The highest BCUT2D eigenvalue weighted by Gasteiger charge is 2.32. The van der Waals surface area contributed by atoms with Gasteiger partial charge in [-0.05, 0) is 32.6 Å². The number of carbonyl (C=O) groups excluding carboxylic acids is 1. The Morgan fingerprint density at radius 1 is 1.58 bits per heavy atom. The van der Waals surface area contributed by atoms with Gasteiger partial charge in [-0.1, -0.05) is 0 Å². The number of carbonyl (C=O) groups is 1. The van der Waals surface area contributed by atoms with Gasteiger partial charge in [-0.2, -0.15) is 5.10 Å². The molecule has 1 heterocycles. The number of hydrogen-bond donors (Lipinski definition) is 2. The molecule has 0 bridgehead atoms. The van der Waals surface area contributed by atoms with Crippen LogP contribution in [0.1, 0.15) is 31.4 Å². The highest BCUT2D eigenvalue weighted by molar-refractivity contribution is 5.88. The maximum absolute atomic E-state index is 12.2. The standard InChI is InChI=1S/C13H22N4O2/c1-10-9-12(15-16(10)2)14-13(19)17(11-5-6-11)7-3-4-8-18/h9,11,18H,3-8H2,1-2H3,(H,14,15,19). The van der Waals surface area contributed by atoms with Crippen molar-refractivity contribution in [2.24, 2.45) is 7.05 Å². The van der Waals surface area contributed by atoms with Crippen molar-refractivity contribution < 1.29 is 9.90 Å². The Morgan fingerprint density at radius 2 is 2.32 bits per heavy atom. The highest BCUT2D eigenvalue weighted by atomic mass is 16.3. The normalized spacial score (nSPS) is 14.5. The number of nitrogens with zero attached hydrogens (tertiary/aromatic N) is 3. The molecule has 6 nitrogen and oxygen atoms in total. The van der Waals surface area contributed by atoms with Gasteiger partial charge in [0.1, 0.15) is 0 Å². The lowest BCUT2D eigenvalue weighted by Crippen LogP contribution is -2.37. The molecule has 1 saturated carbocycles. The summed E-state index contributed by atoms with van der Waals surface area (Å²) < 4.78 is 1.74. The summed E-state index contributed by atoms with van der Waals surface area (Å²) in [6, 6.07) is 2.14. The van der Waals surface area contributed by atoms with Crippen molar-refractivity contribution in [1.82, 2.24) is 14.7 Å². The fourth-order valence-electron chi connectivity index (χ4n) is 2.03. The van der Waals surface area contributed by atoms with Gasteiger partial charge < -0.3 is 10.0 Å². The molecule has 1 aliphatic carbocycles. The van der Waals surface area contributed by atoms with Gasteiger partial charge >= 0.3 is 6.03 Å². The molecule has 0 atom stereocenters. The highest BCUT2D eigenvalue weighted by Crippen LogP contribution is 2.27. The number of urea groups is 1. The maximum Gasteiger partial charge on any atom is 0.323 e. The number of aromatic nitrogens is 2. The fourth-order valence-corrected chi connectivity index (χ4v) is 2.03. The molecule has 1 aromatic heterocycles. The minimum atomic E-state index is -0.0847. The summed E-state index contributed by atoms with van der Waals surface area (Å²) in [7, 11) is 1.85. The first kappa shape index (κ1) is 13.9. The first-order valence-corrected chi connectivity index (χ1v) is 6.81. The summed E-state index contributed by atoms with van der Waals surface area (Å²) in [5.41, 5.74) is 1.01. The van der Waals surface area contributed by atoms with Gasteiger partial charge in [-0.25, -0.2) is 4.79 Å². The van der Waals surface area contributed by atoms with Crippen molar-refractivity contribution in [3.05, 3.63) is 11.8 Å². The first-order valence-electron chi connectivity index (χ1n) is 6.81. The molecule has 0 radical (unpaired) electrons. The molecule has 6 heteroatoms. The molecule has 19 heavy (non-hydrogen) atoms. The van der Waals surface area contributed by atoms with Gasteiger partial charge in [0.25, 0.3) is 0 Å². The second-order valence-corrected chi connectivity index (χ2v) is 5.08. The Morgan fingerprint density at radius 3 is 2.84 bits per heavy atom. The summed E-state index contributed by atoms with van der Waals surface area (Å²) in [5.74, 6) is 0.595. The van der Waals surface area contributed by atoms with Crippen LogP contribution in [-0.2, 0) is 7.05 Å². The van der Waals surface area contributed by atoms with Crippen LogP contribution < -0.4 is 5.32 Å². The number of anilines is 1. The zero-order chi connectivity index (χ0) is 13.8. The van der Waals surface area contributed by atoms with Crippen molar-refractivity contribution in [2.45, 2.75) is 38.6 Å². The maximum atomic E-state index is 12.2. The van der Waals surface area contributed by atoms with Gasteiger partial charge in [0.15, 0.2) is 5.82 Å². The van der Waals surface area contributed by atoms with Gasteiger partial charge in [0.05, 0.1) is 0 Å². The Balaban J connectivity index is 1.91. The lowest BCUT2D eigenvalue weighted by Gasteiger charge is -2.22. The lowest BCUT2D eigenvalue weighted by atomic mass is 10.3. The number of nitrogens with one attached hydrogen (secondary N) is 1. The largest absolute Gasteiger partial charge is 0.396 e. The van der Waals surface area contributed by atoms with E-state index in [0.717, 1.165) is 31.4 Å². The van der Waals surface area contributed by atoms with Crippen LogP contribution in [0, 0.1) is 6.92 Å². The molecule has 1 aromatic rings. The Hall–Kier alpha value is -1.56. The Labute approximate surface area is 113 Å². The van der Waals surface area contributed by atoms with Crippen LogP contribution in [0.4, 0.5) is 10.6 Å². The van der Waals surface area contributed by atoms with Crippen LogP contribution in [0.3, 0.4) is 0 Å². The van der Waals surface area contributed by atoms with E-state index in [-0.39, 0.29) is 12.6 Å². The van der Waals surface area contributed by atoms with Crippen molar-refractivity contribution >= 4 is 11.8 Å². The van der Waals surface area contributed by atoms with E-state index < -0.39 is 0 Å². The van der Waals surface area contributed by atoms with Crippen molar-refractivity contribution in [1.29, 1.82) is 0 Å². The predicted octanol–water partition coefficient (Wildman–Crippen LogP) is 1.50. The number of aryl methyl sites for hydroxylation is 2. The van der Waals surface area contributed by atoms with Crippen molar-refractivity contribution in [3.63, 3.8) is 0 Å². The molecule has 0 unspecified atom stereocenters. The number of rotatable bonds is 6. The minimum absolute atomic E-state index is 0.0847. The number of unbranched alkanes of at least 4 members (excludes halogenated alkanes) is 1. The quantitative estimate of drug-likeness (QED) is 0.766.